The quantitative estimate of drug-likeness (QED) is 0.692. The van der Waals surface area contributed by atoms with Crippen LogP contribution in [-0.4, -0.2) is 18.1 Å². The average molecular weight is 264 g/mol. The van der Waals surface area contributed by atoms with Crippen molar-refractivity contribution >= 4 is 0 Å². The van der Waals surface area contributed by atoms with Gasteiger partial charge >= 0.3 is 0 Å². The molecule has 3 heteroatoms. The fraction of sp³-hybridized carbons (Fsp3) is 0.688. The second-order valence-electron chi connectivity index (χ2n) is 5.44. The zero-order chi connectivity index (χ0) is 14.1. The van der Waals surface area contributed by atoms with Crippen LogP contribution in [0.15, 0.2) is 12.1 Å². The lowest BCUT2D eigenvalue weighted by molar-refractivity contribution is 0.260. The van der Waals surface area contributed by atoms with Crippen LogP contribution in [0.4, 0.5) is 0 Å². The average Bonchev–Trinajstić information content (AvgIpc) is 2.37. The van der Waals surface area contributed by atoms with Crippen LogP contribution in [0.2, 0.25) is 0 Å². The Bertz CT molecular complexity index is 364. The van der Waals surface area contributed by atoms with Crippen LogP contribution in [0.1, 0.15) is 51.8 Å². The number of pyridine rings is 1. The standard InChI is InChI=1S/C16H28N2O/c1-5-7-15-9-14(11-17-8-6-2)10-16(18-15)19-12-13(3)4/h9-10,13,17H,5-8,11-12H2,1-4H3. The summed E-state index contributed by atoms with van der Waals surface area (Å²) < 4.78 is 5.76. The molecule has 1 aromatic rings. The van der Waals surface area contributed by atoms with Crippen molar-refractivity contribution < 1.29 is 4.74 Å². The van der Waals surface area contributed by atoms with Gasteiger partial charge in [0.1, 0.15) is 0 Å². The van der Waals surface area contributed by atoms with E-state index < -0.39 is 0 Å². The molecule has 108 valence electrons. The van der Waals surface area contributed by atoms with Crippen LogP contribution < -0.4 is 10.1 Å². The van der Waals surface area contributed by atoms with Crippen LogP contribution in [-0.2, 0) is 13.0 Å². The molecular formula is C16H28N2O. The molecule has 1 N–H and O–H groups in total. The highest BCUT2D eigenvalue weighted by Gasteiger charge is 2.05. The molecule has 0 aliphatic rings. The zero-order valence-corrected chi connectivity index (χ0v) is 12.8. The second-order valence-corrected chi connectivity index (χ2v) is 5.44. The molecular weight excluding hydrogens is 236 g/mol. The molecule has 0 bridgehead atoms. The first-order valence-electron chi connectivity index (χ1n) is 7.49. The van der Waals surface area contributed by atoms with Crippen molar-refractivity contribution in [3.8, 4) is 5.88 Å². The van der Waals surface area contributed by atoms with Gasteiger partial charge in [0.15, 0.2) is 0 Å². The number of nitrogens with zero attached hydrogens (tertiary/aromatic N) is 1. The van der Waals surface area contributed by atoms with Crippen molar-refractivity contribution in [2.24, 2.45) is 5.92 Å². The highest BCUT2D eigenvalue weighted by atomic mass is 16.5. The van der Waals surface area contributed by atoms with E-state index in [1.165, 1.54) is 5.56 Å². The number of ether oxygens (including phenoxy) is 1. The first-order chi connectivity index (χ1) is 9.15. The smallest absolute Gasteiger partial charge is 0.213 e. The van der Waals surface area contributed by atoms with Crippen LogP contribution in [0.3, 0.4) is 0 Å². The molecule has 0 saturated heterocycles. The maximum absolute atomic E-state index is 5.76. The summed E-state index contributed by atoms with van der Waals surface area (Å²) in [5.74, 6) is 1.30. The molecule has 0 aliphatic carbocycles. The molecule has 0 amide bonds. The van der Waals surface area contributed by atoms with Gasteiger partial charge in [0.05, 0.1) is 6.61 Å². The molecule has 1 aromatic heterocycles. The molecule has 0 aliphatic heterocycles. The van der Waals surface area contributed by atoms with Gasteiger partial charge in [0, 0.05) is 18.3 Å². The van der Waals surface area contributed by atoms with Gasteiger partial charge in [0.2, 0.25) is 5.88 Å². The van der Waals surface area contributed by atoms with Gasteiger partial charge < -0.3 is 10.1 Å². The number of rotatable bonds is 9. The molecule has 0 unspecified atom stereocenters. The van der Waals surface area contributed by atoms with Gasteiger partial charge in [-0.15, -0.1) is 0 Å². The minimum Gasteiger partial charge on any atom is -0.477 e. The molecule has 1 rings (SSSR count). The lowest BCUT2D eigenvalue weighted by Crippen LogP contribution is -2.14. The summed E-state index contributed by atoms with van der Waals surface area (Å²) in [4.78, 5) is 4.57. The highest BCUT2D eigenvalue weighted by Crippen LogP contribution is 2.15. The van der Waals surface area contributed by atoms with Crippen LogP contribution in [0.25, 0.3) is 0 Å². The van der Waals surface area contributed by atoms with Gasteiger partial charge in [-0.1, -0.05) is 34.1 Å². The molecule has 1 heterocycles. The van der Waals surface area contributed by atoms with E-state index in [0.717, 1.165) is 50.5 Å². The minimum atomic E-state index is 0.526. The van der Waals surface area contributed by atoms with E-state index >= 15 is 0 Å². The van der Waals surface area contributed by atoms with Crippen molar-refractivity contribution in [1.29, 1.82) is 0 Å². The number of hydrogen-bond donors (Lipinski definition) is 1. The normalized spacial score (nSPS) is 11.0. The summed E-state index contributed by atoms with van der Waals surface area (Å²) in [6.45, 7) is 11.3. The second kappa shape index (κ2) is 8.92. The predicted molar refractivity (Wildman–Crippen MR) is 80.6 cm³/mol. The third-order valence-corrected chi connectivity index (χ3v) is 2.74. The summed E-state index contributed by atoms with van der Waals surface area (Å²) in [5.41, 5.74) is 2.41. The first kappa shape index (κ1) is 16.0. The fourth-order valence-electron chi connectivity index (χ4n) is 1.84. The molecule has 0 fully saturated rings. The van der Waals surface area contributed by atoms with Gasteiger partial charge in [-0.3, -0.25) is 0 Å². The lowest BCUT2D eigenvalue weighted by atomic mass is 10.1. The summed E-state index contributed by atoms with van der Waals surface area (Å²) in [7, 11) is 0. The predicted octanol–water partition coefficient (Wildman–Crippen LogP) is 3.57. The topological polar surface area (TPSA) is 34.2 Å². The molecule has 3 nitrogen and oxygen atoms in total. The Morgan fingerprint density at radius 1 is 1.21 bits per heavy atom. The summed E-state index contributed by atoms with van der Waals surface area (Å²) in [6.07, 6.45) is 3.28. The van der Waals surface area contributed by atoms with E-state index in [0.29, 0.717) is 5.92 Å². The summed E-state index contributed by atoms with van der Waals surface area (Å²) >= 11 is 0. The van der Waals surface area contributed by atoms with Crippen LogP contribution in [0.5, 0.6) is 5.88 Å². The van der Waals surface area contributed by atoms with Crippen molar-refractivity contribution in [1.82, 2.24) is 10.3 Å². The van der Waals surface area contributed by atoms with E-state index in [-0.39, 0.29) is 0 Å². The SMILES string of the molecule is CCCNCc1cc(CCC)nc(OCC(C)C)c1. The Kier molecular flexibility index (Phi) is 7.49. The number of nitrogens with one attached hydrogen (secondary N) is 1. The number of hydrogen-bond acceptors (Lipinski definition) is 3. The van der Waals surface area contributed by atoms with E-state index in [9.17, 15) is 0 Å². The van der Waals surface area contributed by atoms with Crippen molar-refractivity contribution in [2.75, 3.05) is 13.2 Å². The minimum absolute atomic E-state index is 0.526. The van der Waals surface area contributed by atoms with Crippen molar-refractivity contribution in [2.45, 2.75) is 53.5 Å². The fourth-order valence-corrected chi connectivity index (χ4v) is 1.84. The molecule has 19 heavy (non-hydrogen) atoms. The Balaban J connectivity index is 2.71. The zero-order valence-electron chi connectivity index (χ0n) is 12.8. The highest BCUT2D eigenvalue weighted by molar-refractivity contribution is 5.25. The Labute approximate surface area is 117 Å². The third kappa shape index (κ3) is 6.58. The van der Waals surface area contributed by atoms with Crippen molar-refractivity contribution in [3.05, 3.63) is 23.4 Å². The van der Waals surface area contributed by atoms with E-state index in [4.69, 9.17) is 4.74 Å². The molecule has 0 spiro atoms. The molecule has 0 aromatic carbocycles. The lowest BCUT2D eigenvalue weighted by Gasteiger charge is -2.12. The van der Waals surface area contributed by atoms with Crippen LogP contribution >= 0.6 is 0 Å². The van der Waals surface area contributed by atoms with E-state index in [1.807, 2.05) is 0 Å². The first-order valence-corrected chi connectivity index (χ1v) is 7.49. The molecule has 0 radical (unpaired) electrons. The van der Waals surface area contributed by atoms with Gasteiger partial charge in [-0.25, -0.2) is 4.98 Å². The maximum atomic E-state index is 5.76. The van der Waals surface area contributed by atoms with Gasteiger partial charge in [0.25, 0.3) is 0 Å². The summed E-state index contributed by atoms with van der Waals surface area (Å²) in [6, 6.07) is 4.25. The van der Waals surface area contributed by atoms with Gasteiger partial charge in [-0.2, -0.15) is 0 Å². The number of aromatic nitrogens is 1. The van der Waals surface area contributed by atoms with Crippen LogP contribution in [0, 0.1) is 5.92 Å². The largest absolute Gasteiger partial charge is 0.477 e. The number of aryl methyl sites for hydroxylation is 1. The Morgan fingerprint density at radius 2 is 2.00 bits per heavy atom. The van der Waals surface area contributed by atoms with E-state index in [1.54, 1.807) is 0 Å². The van der Waals surface area contributed by atoms with E-state index in [2.05, 4.69) is 50.1 Å². The third-order valence-electron chi connectivity index (χ3n) is 2.74. The Hall–Kier alpha value is -1.09. The monoisotopic (exact) mass is 264 g/mol. The van der Waals surface area contributed by atoms with Gasteiger partial charge in [-0.05, 0) is 36.9 Å². The summed E-state index contributed by atoms with van der Waals surface area (Å²) in [5, 5.41) is 3.43. The maximum Gasteiger partial charge on any atom is 0.213 e. The molecule has 0 atom stereocenters. The Morgan fingerprint density at radius 3 is 2.63 bits per heavy atom. The van der Waals surface area contributed by atoms with Crippen molar-refractivity contribution in [3.63, 3.8) is 0 Å². The molecule has 0 saturated carbocycles.